The Hall–Kier alpha value is -3.38. The average molecular weight is 529 g/mol. The summed E-state index contributed by atoms with van der Waals surface area (Å²) in [4.78, 5) is 17.1. The van der Waals surface area contributed by atoms with Gasteiger partial charge < -0.3 is 9.47 Å². The molecule has 6 rings (SSSR count). The van der Waals surface area contributed by atoms with E-state index >= 15 is 0 Å². The van der Waals surface area contributed by atoms with Crippen LogP contribution < -0.4 is 9.64 Å². The van der Waals surface area contributed by atoms with Crippen molar-refractivity contribution >= 4 is 11.8 Å². The first-order valence-electron chi connectivity index (χ1n) is 14.3. The van der Waals surface area contributed by atoms with Gasteiger partial charge in [-0.15, -0.1) is 0 Å². The van der Waals surface area contributed by atoms with Gasteiger partial charge >= 0.3 is 6.09 Å². The maximum absolute atomic E-state index is 13.6. The lowest BCUT2D eigenvalue weighted by Gasteiger charge is -2.37. The molecular weight excluding hydrogens is 491 g/mol. The van der Waals surface area contributed by atoms with Gasteiger partial charge in [-0.25, -0.2) is 9.18 Å². The second-order valence-corrected chi connectivity index (χ2v) is 11.2. The number of benzene rings is 3. The summed E-state index contributed by atoms with van der Waals surface area (Å²) in [5, 5.41) is 0. The molecule has 0 unspecified atom stereocenters. The molecule has 1 spiro atoms. The number of hydrogen-bond donors (Lipinski definition) is 0. The minimum Gasteiger partial charge on any atom is -0.494 e. The van der Waals surface area contributed by atoms with Crippen LogP contribution in [0.25, 0.3) is 11.1 Å². The molecule has 0 N–H and O–H groups in total. The van der Waals surface area contributed by atoms with Gasteiger partial charge in [0.25, 0.3) is 0 Å². The van der Waals surface area contributed by atoms with Crippen LogP contribution in [0.1, 0.15) is 62.1 Å². The van der Waals surface area contributed by atoms with E-state index in [9.17, 15) is 9.18 Å². The Morgan fingerprint density at radius 2 is 1.72 bits per heavy atom. The lowest BCUT2D eigenvalue weighted by molar-refractivity contribution is -0.00111. The van der Waals surface area contributed by atoms with Crippen LogP contribution in [0.15, 0.2) is 60.7 Å². The van der Waals surface area contributed by atoms with E-state index in [0.29, 0.717) is 19.1 Å². The van der Waals surface area contributed by atoms with Crippen molar-refractivity contribution in [2.45, 2.75) is 64.0 Å². The quantitative estimate of drug-likeness (QED) is 0.307. The minimum atomic E-state index is -0.425. The highest BCUT2D eigenvalue weighted by atomic mass is 19.1. The number of piperidine rings is 1. The Labute approximate surface area is 230 Å². The van der Waals surface area contributed by atoms with E-state index in [-0.39, 0.29) is 11.9 Å². The summed E-state index contributed by atoms with van der Waals surface area (Å²) in [5.41, 5.74) is 6.45. The Balaban J connectivity index is 1.17. The van der Waals surface area contributed by atoms with Crippen LogP contribution in [-0.4, -0.2) is 42.8 Å². The van der Waals surface area contributed by atoms with E-state index < -0.39 is 5.60 Å². The standard InChI is InChI=1S/C33H37FN2O3/c1-3-23-5-13-28(14-6-23)36-22-33(39-32(36)37)15-17-35(18-16-33)21-26-19-29(24-7-8-24)30(20-31(26)38-4-2)25-9-11-27(34)12-10-25/h5-6,9-14,19-20,24H,3-4,7-8,15-18,21-22H2,1-2H3. The molecule has 204 valence electrons. The highest BCUT2D eigenvalue weighted by molar-refractivity contribution is 5.90. The zero-order valence-electron chi connectivity index (χ0n) is 22.9. The molecular formula is C33H37FN2O3. The van der Waals surface area contributed by atoms with Crippen molar-refractivity contribution in [3.8, 4) is 16.9 Å². The highest BCUT2D eigenvalue weighted by Gasteiger charge is 2.47. The Morgan fingerprint density at radius 3 is 2.36 bits per heavy atom. The number of likely N-dealkylation sites (tertiary alicyclic amines) is 1. The lowest BCUT2D eigenvalue weighted by Crippen LogP contribution is -2.46. The maximum Gasteiger partial charge on any atom is 0.415 e. The van der Waals surface area contributed by atoms with Gasteiger partial charge in [0.05, 0.1) is 13.2 Å². The fraction of sp³-hybridized carbons (Fsp3) is 0.424. The summed E-state index contributed by atoms with van der Waals surface area (Å²) in [5.74, 6) is 1.23. The number of amides is 1. The largest absolute Gasteiger partial charge is 0.494 e. The van der Waals surface area contributed by atoms with Crippen molar-refractivity contribution in [2.75, 3.05) is 31.1 Å². The zero-order chi connectivity index (χ0) is 27.0. The van der Waals surface area contributed by atoms with E-state index in [1.165, 1.54) is 41.7 Å². The molecule has 39 heavy (non-hydrogen) atoms. The third-order valence-electron chi connectivity index (χ3n) is 8.49. The minimum absolute atomic E-state index is 0.221. The van der Waals surface area contributed by atoms with E-state index in [2.05, 4.69) is 36.1 Å². The normalized spacial score (nSPS) is 18.9. The van der Waals surface area contributed by atoms with Crippen LogP contribution in [0, 0.1) is 5.82 Å². The van der Waals surface area contributed by atoms with Crippen LogP contribution in [-0.2, 0) is 17.7 Å². The van der Waals surface area contributed by atoms with Gasteiger partial charge in [0.1, 0.15) is 17.2 Å². The molecule has 2 aliphatic heterocycles. The number of aryl methyl sites for hydroxylation is 1. The van der Waals surface area contributed by atoms with Gasteiger partial charge in [-0.2, -0.15) is 0 Å². The van der Waals surface area contributed by atoms with Crippen molar-refractivity contribution < 1.29 is 18.7 Å². The number of ether oxygens (including phenoxy) is 2. The first-order chi connectivity index (χ1) is 19.0. The number of carbonyl (C=O) groups excluding carboxylic acids is 1. The number of anilines is 1. The first kappa shape index (κ1) is 25.9. The molecule has 1 amide bonds. The van der Waals surface area contributed by atoms with Crippen LogP contribution in [0.4, 0.5) is 14.9 Å². The number of rotatable bonds is 8. The Morgan fingerprint density at radius 1 is 1.00 bits per heavy atom. The molecule has 2 saturated heterocycles. The molecule has 0 aromatic heterocycles. The van der Waals surface area contributed by atoms with Crippen molar-refractivity contribution in [1.29, 1.82) is 0 Å². The highest BCUT2D eigenvalue weighted by Crippen LogP contribution is 2.47. The third kappa shape index (κ3) is 5.40. The molecule has 3 aromatic rings. The summed E-state index contributed by atoms with van der Waals surface area (Å²) in [6.07, 6.45) is 4.75. The fourth-order valence-corrected chi connectivity index (χ4v) is 6.02. The first-order valence-corrected chi connectivity index (χ1v) is 14.3. The number of hydrogen-bond acceptors (Lipinski definition) is 4. The molecule has 1 saturated carbocycles. The van der Waals surface area contributed by atoms with Crippen molar-refractivity contribution in [1.82, 2.24) is 4.90 Å². The van der Waals surface area contributed by atoms with Crippen LogP contribution in [0.2, 0.25) is 0 Å². The van der Waals surface area contributed by atoms with Crippen molar-refractivity contribution in [2.24, 2.45) is 0 Å². The summed E-state index contributed by atoms with van der Waals surface area (Å²) >= 11 is 0. The number of halogens is 1. The van der Waals surface area contributed by atoms with E-state index in [1.54, 1.807) is 4.90 Å². The predicted molar refractivity (Wildman–Crippen MR) is 152 cm³/mol. The van der Waals surface area contributed by atoms with Crippen LogP contribution >= 0.6 is 0 Å². The summed E-state index contributed by atoms with van der Waals surface area (Å²) in [6.45, 7) is 7.85. The van der Waals surface area contributed by atoms with Crippen LogP contribution in [0.5, 0.6) is 5.75 Å². The second-order valence-electron chi connectivity index (χ2n) is 11.2. The molecule has 5 nitrogen and oxygen atoms in total. The van der Waals surface area contributed by atoms with Gasteiger partial charge in [-0.1, -0.05) is 31.2 Å². The summed E-state index contributed by atoms with van der Waals surface area (Å²) in [7, 11) is 0. The van der Waals surface area contributed by atoms with Crippen LogP contribution in [0.3, 0.4) is 0 Å². The molecule has 1 aliphatic carbocycles. The summed E-state index contributed by atoms with van der Waals surface area (Å²) in [6, 6.07) is 19.5. The van der Waals surface area contributed by atoms with Crippen molar-refractivity contribution in [3.05, 3.63) is 83.2 Å². The molecule has 3 fully saturated rings. The van der Waals surface area contributed by atoms with Gasteiger partial charge in [0.15, 0.2) is 0 Å². The zero-order valence-corrected chi connectivity index (χ0v) is 22.9. The van der Waals surface area contributed by atoms with E-state index in [4.69, 9.17) is 9.47 Å². The number of carbonyl (C=O) groups is 1. The van der Waals surface area contributed by atoms with E-state index in [0.717, 1.165) is 61.5 Å². The Bertz CT molecular complexity index is 1330. The average Bonchev–Trinajstić information content (AvgIpc) is 3.75. The predicted octanol–water partition coefficient (Wildman–Crippen LogP) is 7.32. The molecule has 3 aromatic carbocycles. The Kier molecular flexibility index (Phi) is 7.06. The number of nitrogens with zero attached hydrogens (tertiary/aromatic N) is 2. The fourth-order valence-electron chi connectivity index (χ4n) is 6.02. The monoisotopic (exact) mass is 528 g/mol. The van der Waals surface area contributed by atoms with Crippen molar-refractivity contribution in [3.63, 3.8) is 0 Å². The SMILES string of the molecule is CCOc1cc(-c2ccc(F)cc2)c(C2CC2)cc1CN1CCC2(CC1)CN(c1ccc(CC)cc1)C(=O)O2. The lowest BCUT2D eigenvalue weighted by atomic mass is 9.90. The topological polar surface area (TPSA) is 42.0 Å². The van der Waals surface area contributed by atoms with E-state index in [1.807, 2.05) is 31.2 Å². The molecule has 6 heteroatoms. The molecule has 0 bridgehead atoms. The second kappa shape index (κ2) is 10.6. The third-order valence-corrected chi connectivity index (χ3v) is 8.49. The molecule has 0 atom stereocenters. The molecule has 3 aliphatic rings. The van der Waals surface area contributed by atoms with Gasteiger partial charge in [-0.3, -0.25) is 9.80 Å². The van der Waals surface area contributed by atoms with Gasteiger partial charge in [-0.05, 0) is 90.8 Å². The maximum atomic E-state index is 13.6. The smallest absolute Gasteiger partial charge is 0.415 e. The summed E-state index contributed by atoms with van der Waals surface area (Å²) < 4.78 is 25.8. The van der Waals surface area contributed by atoms with Gasteiger partial charge in [0.2, 0.25) is 0 Å². The molecule has 0 radical (unpaired) electrons. The van der Waals surface area contributed by atoms with Gasteiger partial charge in [0, 0.05) is 43.7 Å². The molecule has 2 heterocycles.